The van der Waals surface area contributed by atoms with Crippen LogP contribution in [-0.2, 0) is 0 Å². The third-order valence-corrected chi connectivity index (χ3v) is 0. The van der Waals surface area contributed by atoms with Crippen molar-refractivity contribution < 1.29 is 32.5 Å². The van der Waals surface area contributed by atoms with Crippen molar-refractivity contribution in [3.63, 3.8) is 0 Å². The molecule has 6 heteroatoms. The van der Waals surface area contributed by atoms with Gasteiger partial charge < -0.3 is 11.0 Å². The van der Waals surface area contributed by atoms with Gasteiger partial charge in [-0.1, -0.05) is 0 Å². The Morgan fingerprint density at radius 3 is 0.833 bits per heavy atom. The summed E-state index contributed by atoms with van der Waals surface area (Å²) < 4.78 is 0. The molecular weight excluding hydrogens is 411 g/mol. The van der Waals surface area contributed by atoms with Gasteiger partial charge in [0.15, 0.2) is 0 Å². The van der Waals surface area contributed by atoms with Gasteiger partial charge in [0, 0.05) is 0 Å². The second kappa shape index (κ2) is 10.5. The van der Waals surface area contributed by atoms with E-state index in [2.05, 4.69) is 30.5 Å². The van der Waals surface area contributed by atoms with Gasteiger partial charge in [-0.2, -0.15) is 0 Å². The molecule has 0 radical (unpaired) electrons. The summed E-state index contributed by atoms with van der Waals surface area (Å²) in [7, 11) is 9.98. The van der Waals surface area contributed by atoms with Gasteiger partial charge in [0.1, 0.15) is 0 Å². The molecule has 0 aromatic rings. The third kappa shape index (κ3) is 31.0. The van der Waals surface area contributed by atoms with Crippen molar-refractivity contribution >= 4 is 30.5 Å². The van der Waals surface area contributed by atoms with Crippen molar-refractivity contribution in [2.75, 3.05) is 0 Å². The van der Waals surface area contributed by atoms with Crippen molar-refractivity contribution in [3.05, 3.63) is 0 Å². The quantitative estimate of drug-likeness (QED) is 0.565. The van der Waals surface area contributed by atoms with Gasteiger partial charge in [0.05, 0.1) is 0 Å². The first-order chi connectivity index (χ1) is 1.73. The van der Waals surface area contributed by atoms with E-state index in [1.54, 1.807) is 0 Å². The van der Waals surface area contributed by atoms with E-state index in [0.717, 1.165) is 0 Å². The Labute approximate surface area is 61.5 Å². The predicted molar refractivity (Wildman–Crippen MR) is 34.0 cm³/mol. The molecule has 0 aliphatic heterocycles. The zero-order valence-electron chi connectivity index (χ0n) is 2.71. The van der Waals surface area contributed by atoms with Crippen LogP contribution in [-0.4, -0.2) is 11.0 Å². The molecule has 0 fully saturated rings. The van der Waals surface area contributed by atoms with Gasteiger partial charge in [0.25, 0.3) is 0 Å². The van der Waals surface area contributed by atoms with Gasteiger partial charge in [-0.25, -0.2) is 0 Å². The Bertz CT molecular complexity index is 13.5. The Morgan fingerprint density at radius 2 is 0.833 bits per heavy atom. The zero-order chi connectivity index (χ0) is 3.58. The normalized spacial score (nSPS) is 4.50. The fraction of sp³-hybridized carbons (Fsp3) is 0. The SMILES string of the molecule is O.O.[Br][La]([Br])[Br]. The summed E-state index contributed by atoms with van der Waals surface area (Å²) in [6.07, 6.45) is 0. The molecule has 0 heterocycles. The first kappa shape index (κ1) is 15.8. The minimum atomic E-state index is -1.28. The molecule has 0 bridgehead atoms. The van der Waals surface area contributed by atoms with E-state index in [1.807, 2.05) is 0 Å². The zero-order valence-corrected chi connectivity index (χ0v) is 11.1. The molecule has 4 N–H and O–H groups in total. The van der Waals surface area contributed by atoms with Crippen molar-refractivity contribution in [1.29, 1.82) is 0 Å². The molecule has 0 aromatic heterocycles. The molecule has 0 saturated carbocycles. The summed E-state index contributed by atoms with van der Waals surface area (Å²) >= 11 is -1.28. The van der Waals surface area contributed by atoms with Crippen LogP contribution in [0.5, 0.6) is 0 Å². The van der Waals surface area contributed by atoms with Crippen LogP contribution in [0.15, 0.2) is 0 Å². The van der Waals surface area contributed by atoms with Crippen LogP contribution < -0.4 is 0 Å². The molecule has 0 spiro atoms. The first-order valence-electron chi connectivity index (χ1n) is 0.655. The third-order valence-electron chi connectivity index (χ3n) is 0. The second-order valence-corrected chi connectivity index (χ2v) is 48.6. The van der Waals surface area contributed by atoms with E-state index >= 15 is 0 Å². The van der Waals surface area contributed by atoms with Gasteiger partial charge in [-0.15, -0.1) is 0 Å². The Morgan fingerprint density at radius 1 is 0.833 bits per heavy atom. The van der Waals surface area contributed by atoms with Crippen LogP contribution in [0.2, 0.25) is 0 Å². The van der Waals surface area contributed by atoms with E-state index in [1.165, 1.54) is 0 Å². The van der Waals surface area contributed by atoms with E-state index in [-0.39, 0.29) is 11.0 Å². The molecule has 2 nitrogen and oxygen atoms in total. The van der Waals surface area contributed by atoms with Gasteiger partial charge in [-0.3, -0.25) is 0 Å². The molecule has 40 valence electrons. The first-order valence-corrected chi connectivity index (χ1v) is 24.8. The van der Waals surface area contributed by atoms with Crippen LogP contribution in [0.25, 0.3) is 0 Å². The molecule has 0 unspecified atom stereocenters. The van der Waals surface area contributed by atoms with Gasteiger partial charge in [0.2, 0.25) is 0 Å². The standard InChI is InChI=1S/3BrH.La.2H2O/h3*1H;;2*1H2/q;;;+3;;/p-3. The number of hydrogen-bond acceptors (Lipinski definition) is 0. The van der Waals surface area contributed by atoms with Gasteiger partial charge in [-0.05, 0) is 0 Å². The van der Waals surface area contributed by atoms with Crippen LogP contribution in [0.1, 0.15) is 0 Å². The summed E-state index contributed by atoms with van der Waals surface area (Å²) in [6, 6.07) is 0. The average Bonchev–Trinajstić information content (AvgIpc) is 0.811. The molecule has 0 saturated heterocycles. The molecule has 0 aliphatic carbocycles. The van der Waals surface area contributed by atoms with E-state index in [9.17, 15) is 0 Å². The molecule has 0 rings (SSSR count). The molecule has 0 atom stereocenters. The number of rotatable bonds is 0. The Kier molecular flexibility index (Phi) is 27.7. The summed E-state index contributed by atoms with van der Waals surface area (Å²) in [4.78, 5) is 0. The van der Waals surface area contributed by atoms with Crippen molar-refractivity contribution in [1.82, 2.24) is 0 Å². The topological polar surface area (TPSA) is 63.0 Å². The van der Waals surface area contributed by atoms with Crippen LogP contribution >= 0.6 is 30.5 Å². The van der Waals surface area contributed by atoms with Crippen LogP contribution in [0.4, 0.5) is 0 Å². The monoisotopic (exact) mass is 412 g/mol. The average molecular weight is 415 g/mol. The predicted octanol–water partition coefficient (Wildman–Crippen LogP) is 0.887. The summed E-state index contributed by atoms with van der Waals surface area (Å²) in [5, 5.41) is 0. The summed E-state index contributed by atoms with van der Waals surface area (Å²) in [5.74, 6) is 0. The maximum atomic E-state index is 3.33. The molecule has 6 heavy (non-hydrogen) atoms. The summed E-state index contributed by atoms with van der Waals surface area (Å²) in [5.41, 5.74) is 0. The Hall–Kier alpha value is 2.55. The van der Waals surface area contributed by atoms with Crippen molar-refractivity contribution in [3.8, 4) is 0 Å². The van der Waals surface area contributed by atoms with Gasteiger partial charge >= 0.3 is 52.0 Å². The number of halogens is 3. The van der Waals surface area contributed by atoms with Crippen molar-refractivity contribution in [2.45, 2.75) is 0 Å². The molecule has 0 aliphatic rings. The fourth-order valence-electron chi connectivity index (χ4n) is 0. The minimum absolute atomic E-state index is 0. The second-order valence-electron chi connectivity index (χ2n) is 0.247. The number of hydrogen-bond donors (Lipinski definition) is 0. The molecule has 0 aromatic carbocycles. The van der Waals surface area contributed by atoms with E-state index < -0.39 is 21.5 Å². The van der Waals surface area contributed by atoms with Crippen LogP contribution in [0.3, 0.4) is 0 Å². The fourth-order valence-corrected chi connectivity index (χ4v) is 0. The Balaban J connectivity index is -0.0000000450. The van der Waals surface area contributed by atoms with Crippen molar-refractivity contribution in [2.24, 2.45) is 0 Å². The molecular formula is H4Br3LaO2. The molecule has 0 amide bonds. The maximum absolute atomic E-state index is 3.33. The van der Waals surface area contributed by atoms with E-state index in [0.29, 0.717) is 0 Å². The summed E-state index contributed by atoms with van der Waals surface area (Å²) in [6.45, 7) is 0. The van der Waals surface area contributed by atoms with Crippen LogP contribution in [0, 0.1) is 21.5 Å². The van der Waals surface area contributed by atoms with E-state index in [4.69, 9.17) is 0 Å².